The van der Waals surface area contributed by atoms with E-state index in [4.69, 9.17) is 47.4 Å². The monoisotopic (exact) mass is 1290 g/mol. The van der Waals surface area contributed by atoms with Crippen molar-refractivity contribution in [1.29, 1.82) is 0 Å². The van der Waals surface area contributed by atoms with Crippen LogP contribution in [0.2, 0.25) is 0 Å². The predicted octanol–water partition coefficient (Wildman–Crippen LogP) is -2.75. The summed E-state index contributed by atoms with van der Waals surface area (Å²) in [6.45, 7) is 16.3. The van der Waals surface area contributed by atoms with Crippen molar-refractivity contribution in [3.63, 3.8) is 0 Å². The van der Waals surface area contributed by atoms with E-state index in [0.717, 1.165) is 45.1 Å². The fourth-order valence-electron chi connectivity index (χ4n) is 18.1. The number of allylic oxidation sites excluding steroid dienone is 2. The van der Waals surface area contributed by atoms with Crippen LogP contribution in [0, 0.1) is 51.2 Å². The van der Waals surface area contributed by atoms with Crippen LogP contribution in [0.5, 0.6) is 0 Å². The molecule has 2 amide bonds. The number of fused-ring (bicyclic) bond motifs is 5. The molecule has 9 rings (SSSR count). The summed E-state index contributed by atoms with van der Waals surface area (Å²) in [5.74, 6) is -0.614. The summed E-state index contributed by atoms with van der Waals surface area (Å²) in [5.41, 5.74) is -0.445. The van der Waals surface area contributed by atoms with Gasteiger partial charge in [0, 0.05) is 20.3 Å². The first-order valence-corrected chi connectivity index (χ1v) is 32.1. The molecule has 9 aliphatic rings. The zero-order valence-corrected chi connectivity index (χ0v) is 53.2. The summed E-state index contributed by atoms with van der Waals surface area (Å²) in [6, 6.07) is -3.04. The maximum absolute atomic E-state index is 13.1. The molecular weight excluding hydrogens is 1190 g/mol. The van der Waals surface area contributed by atoms with Crippen LogP contribution in [0.3, 0.4) is 0 Å². The number of ether oxygens (including phenoxy) is 10. The molecule has 0 radical (unpaired) electrons. The molecule has 516 valence electrons. The molecule has 28 nitrogen and oxygen atoms in total. The number of carbonyl (C=O) groups excluding carboxylic acids is 3. The van der Waals surface area contributed by atoms with Gasteiger partial charge < -0.3 is 124 Å². The van der Waals surface area contributed by atoms with E-state index in [0.29, 0.717) is 25.7 Å². The van der Waals surface area contributed by atoms with Gasteiger partial charge in [0.05, 0.1) is 45.2 Å². The van der Waals surface area contributed by atoms with E-state index in [-0.39, 0.29) is 46.2 Å². The summed E-state index contributed by atoms with van der Waals surface area (Å²) in [6.07, 6.45) is -29.4. The van der Waals surface area contributed by atoms with E-state index in [1.807, 2.05) is 13.8 Å². The second kappa shape index (κ2) is 28.2. The molecule has 0 aromatic carbocycles. The number of ketones is 1. The Bertz CT molecular complexity index is 2490. The molecule has 4 aliphatic carbocycles. The lowest BCUT2D eigenvalue weighted by Gasteiger charge is -2.69. The molecular formula is C62H102N2O26. The summed E-state index contributed by atoms with van der Waals surface area (Å²) >= 11 is 0. The first-order chi connectivity index (χ1) is 42.2. The molecule has 5 heterocycles. The molecule has 90 heavy (non-hydrogen) atoms. The van der Waals surface area contributed by atoms with Crippen molar-refractivity contribution in [3.05, 3.63) is 11.6 Å². The third-order valence-electron chi connectivity index (χ3n) is 22.6. The zero-order chi connectivity index (χ0) is 66.0. The quantitative estimate of drug-likeness (QED) is 0.0460. The first kappa shape index (κ1) is 71.7. The van der Waals surface area contributed by atoms with E-state index >= 15 is 0 Å². The number of hydrogen-bond acceptors (Lipinski definition) is 26. The summed E-state index contributed by atoms with van der Waals surface area (Å²) < 4.78 is 61.7. The number of nitrogens with one attached hydrogen (secondary N) is 2. The molecule has 5 aliphatic heterocycles. The normalized spacial score (nSPS) is 49.7. The highest BCUT2D eigenvalue weighted by Gasteiger charge is 2.70. The SMILES string of the molecule is CC(=O)N[C@H]1[C@H](O[C@@H]2CO[C@@H](O[C@H]3CC[C@@]4(C)C(CC[C@]5(C)C4C[C@@H](O)[C@@]4(C)C5CC[C@@H]4[C@H](C)CC(=O)C=C(C)C)C3(C)C)[C@H](O[C@@H]3O[C@H](CO[C@@H]4OC[C@@H](O)[C@H](O)[C@H]4O[C@@H]4O[C@H](CO)[C@@H](O)[C@H](O)[C@H]4O)[C@@H](O)[C@H](O)[C@H]3NC(C)=O)[C@H]2O)O[C@H](CO)[C@H](O)[C@@H]1O. The van der Waals surface area contributed by atoms with Crippen molar-refractivity contribution >= 4 is 17.6 Å². The Labute approximate surface area is 524 Å². The Morgan fingerprint density at radius 1 is 0.556 bits per heavy atom. The molecule has 5 saturated heterocycles. The Hall–Kier alpha value is -2.57. The Morgan fingerprint density at radius 3 is 1.70 bits per heavy atom. The number of aliphatic hydroxyl groups excluding tert-OH is 13. The molecule has 33 atom stereocenters. The second-order valence-electron chi connectivity index (χ2n) is 28.9. The van der Waals surface area contributed by atoms with Crippen LogP contribution in [0.1, 0.15) is 121 Å². The Morgan fingerprint density at radius 2 is 1.09 bits per heavy atom. The van der Waals surface area contributed by atoms with Gasteiger partial charge in [-0.05, 0) is 116 Å². The predicted molar refractivity (Wildman–Crippen MR) is 309 cm³/mol. The Kier molecular flexibility index (Phi) is 22.5. The maximum atomic E-state index is 13.1. The average molecular weight is 1290 g/mol. The van der Waals surface area contributed by atoms with Gasteiger partial charge in [-0.3, -0.25) is 14.4 Å². The van der Waals surface area contributed by atoms with Crippen LogP contribution >= 0.6 is 0 Å². The number of rotatable bonds is 19. The molecule has 0 bridgehead atoms. The lowest BCUT2D eigenvalue weighted by molar-refractivity contribution is -0.376. The number of hydrogen-bond donors (Lipinski definition) is 15. The van der Waals surface area contributed by atoms with Crippen molar-refractivity contribution < 1.29 is 128 Å². The van der Waals surface area contributed by atoms with Crippen LogP contribution in [0.25, 0.3) is 0 Å². The van der Waals surface area contributed by atoms with Gasteiger partial charge in [0.15, 0.2) is 37.2 Å². The van der Waals surface area contributed by atoms with Crippen LogP contribution in [0.15, 0.2) is 11.6 Å². The van der Waals surface area contributed by atoms with Crippen molar-refractivity contribution in [3.8, 4) is 0 Å². The summed E-state index contributed by atoms with van der Waals surface area (Å²) in [7, 11) is 0. The van der Waals surface area contributed by atoms with Gasteiger partial charge in [-0.25, -0.2) is 0 Å². The second-order valence-corrected chi connectivity index (χ2v) is 28.9. The van der Waals surface area contributed by atoms with Crippen LogP contribution in [0.4, 0.5) is 0 Å². The topological polar surface area (TPSA) is 431 Å². The largest absolute Gasteiger partial charge is 0.394 e. The number of amides is 2. The van der Waals surface area contributed by atoms with Gasteiger partial charge in [-0.1, -0.05) is 47.1 Å². The van der Waals surface area contributed by atoms with Crippen LogP contribution < -0.4 is 10.6 Å². The summed E-state index contributed by atoms with van der Waals surface area (Å²) in [5, 5.41) is 149. The fourth-order valence-corrected chi connectivity index (χ4v) is 18.1. The highest BCUT2D eigenvalue weighted by molar-refractivity contribution is 5.90. The zero-order valence-electron chi connectivity index (χ0n) is 53.2. The summed E-state index contributed by atoms with van der Waals surface area (Å²) in [4.78, 5) is 38.5. The van der Waals surface area contributed by atoms with Crippen LogP contribution in [-0.2, 0) is 61.8 Å². The fraction of sp³-hybridized carbons (Fsp3) is 0.919. The molecule has 9 fully saturated rings. The van der Waals surface area contributed by atoms with Crippen molar-refractivity contribution in [2.75, 3.05) is 33.0 Å². The van der Waals surface area contributed by atoms with Gasteiger partial charge >= 0.3 is 0 Å². The van der Waals surface area contributed by atoms with Crippen molar-refractivity contribution in [2.45, 2.75) is 274 Å². The standard InChI is InChI=1S/C62H102N2O26/c1-25(2)17-29(69)18-26(3)30-11-12-37-61(9)15-13-36-59(6,7)40(14-16-60(36,8)38(61)19-39(71)62(30,37)10)88-58-53(47(76)35(24-83-58)87-54-41(63-27(4)67)48(77)44(73)32(20-65)84-54)89-55-42(64-28(5)68)49(78)46(75)34(86-55)23-82-57-52(43(72)31(70)22-81-57)90-56-51(80)50(79)45(74)33(21-66)85-56/h17,26,30-58,65-66,70-80H,11-16,18-24H2,1-10H3,(H,63,67)(H,64,68)/t26-,30-,31-,32-,33-,34-,35-,36?,37?,38?,39-,40+,41-,42-,43+,44+,45-,46-,47+,48-,49-,50+,51-,52-,53-,54+,55+,56+,57+,58+,60+,61+,62-/m1/s1. The van der Waals surface area contributed by atoms with Gasteiger partial charge in [-0.2, -0.15) is 0 Å². The van der Waals surface area contributed by atoms with Gasteiger partial charge in [0.25, 0.3) is 0 Å². The van der Waals surface area contributed by atoms with E-state index in [1.165, 1.54) is 0 Å². The molecule has 4 saturated carbocycles. The third kappa shape index (κ3) is 13.6. The molecule has 0 aromatic rings. The van der Waals surface area contributed by atoms with Gasteiger partial charge in [0.2, 0.25) is 11.8 Å². The lowest BCUT2D eigenvalue weighted by Crippen LogP contribution is -2.69. The smallest absolute Gasteiger partial charge is 0.217 e. The van der Waals surface area contributed by atoms with Gasteiger partial charge in [0.1, 0.15) is 110 Å². The molecule has 3 unspecified atom stereocenters. The van der Waals surface area contributed by atoms with E-state index in [9.17, 15) is 80.8 Å². The minimum Gasteiger partial charge on any atom is -0.394 e. The maximum Gasteiger partial charge on any atom is 0.217 e. The molecule has 15 N–H and O–H groups in total. The molecule has 0 spiro atoms. The Balaban J connectivity index is 0.978. The van der Waals surface area contributed by atoms with Gasteiger partial charge in [-0.15, -0.1) is 0 Å². The molecule has 0 aromatic heterocycles. The minimum absolute atomic E-state index is 0.0403. The minimum atomic E-state index is -1.94. The highest BCUT2D eigenvalue weighted by atomic mass is 16.8. The third-order valence-corrected chi connectivity index (χ3v) is 22.6. The van der Waals surface area contributed by atoms with E-state index in [1.54, 1.807) is 6.08 Å². The van der Waals surface area contributed by atoms with Crippen molar-refractivity contribution in [2.24, 2.45) is 51.2 Å². The van der Waals surface area contributed by atoms with Crippen LogP contribution in [-0.4, -0.2) is 270 Å². The number of carbonyl (C=O) groups is 3. The molecule has 28 heteroatoms. The van der Waals surface area contributed by atoms with Crippen molar-refractivity contribution in [1.82, 2.24) is 10.6 Å². The first-order valence-electron chi connectivity index (χ1n) is 32.1. The highest BCUT2D eigenvalue weighted by Crippen LogP contribution is 2.74. The lowest BCUT2D eigenvalue weighted by atomic mass is 9.36. The number of aliphatic hydroxyl groups is 13. The van der Waals surface area contributed by atoms with E-state index < -0.39 is 209 Å². The average Bonchev–Trinajstić information content (AvgIpc) is 1.21. The van der Waals surface area contributed by atoms with E-state index in [2.05, 4.69) is 52.2 Å².